The van der Waals surface area contributed by atoms with Crippen LogP contribution in [0.1, 0.15) is 117 Å². The SMILES string of the molecule is B[C@H]1C[C@@H](C(CCCCC)CCCCCC)C(COC(F)CCCCCC)O1. The van der Waals surface area contributed by atoms with Crippen molar-refractivity contribution in [2.24, 2.45) is 11.8 Å². The summed E-state index contributed by atoms with van der Waals surface area (Å²) < 4.78 is 26.0. The molecule has 1 heterocycles. The van der Waals surface area contributed by atoms with E-state index in [9.17, 15) is 4.39 Å². The van der Waals surface area contributed by atoms with Crippen LogP contribution in [0, 0.1) is 11.8 Å². The molecule has 0 amide bonds. The molecular formula is C24H48BFO2. The summed E-state index contributed by atoms with van der Waals surface area (Å²) >= 11 is 0. The largest absolute Gasteiger partial charge is 0.381 e. The molecule has 1 rings (SSSR count). The lowest BCUT2D eigenvalue weighted by atomic mass is 9.77. The summed E-state index contributed by atoms with van der Waals surface area (Å²) in [5.41, 5.74) is 0. The van der Waals surface area contributed by atoms with Crippen LogP contribution < -0.4 is 0 Å². The van der Waals surface area contributed by atoms with E-state index in [0.717, 1.165) is 19.3 Å². The predicted octanol–water partition coefficient (Wildman–Crippen LogP) is 6.80. The van der Waals surface area contributed by atoms with Crippen molar-refractivity contribution in [3.05, 3.63) is 0 Å². The third kappa shape index (κ3) is 11.2. The molecule has 0 saturated carbocycles. The molecule has 1 aliphatic rings. The molecule has 166 valence electrons. The maximum absolute atomic E-state index is 14.2. The molecule has 0 N–H and O–H groups in total. The smallest absolute Gasteiger partial charge is 0.198 e. The molecule has 3 unspecified atom stereocenters. The van der Waals surface area contributed by atoms with Crippen LogP contribution in [0.4, 0.5) is 4.39 Å². The van der Waals surface area contributed by atoms with Crippen LogP contribution in [0.2, 0.25) is 0 Å². The van der Waals surface area contributed by atoms with Gasteiger partial charge in [-0.15, -0.1) is 0 Å². The van der Waals surface area contributed by atoms with Gasteiger partial charge >= 0.3 is 0 Å². The van der Waals surface area contributed by atoms with Crippen molar-refractivity contribution < 1.29 is 13.9 Å². The minimum atomic E-state index is -1.12. The third-order valence-corrected chi connectivity index (χ3v) is 6.43. The van der Waals surface area contributed by atoms with Crippen molar-refractivity contribution in [1.29, 1.82) is 0 Å². The number of ether oxygens (including phenoxy) is 2. The lowest BCUT2D eigenvalue weighted by molar-refractivity contribution is -0.0950. The summed E-state index contributed by atoms with van der Waals surface area (Å²) in [6.45, 7) is 7.16. The zero-order chi connectivity index (χ0) is 20.6. The van der Waals surface area contributed by atoms with Crippen LogP contribution in [0.5, 0.6) is 0 Å². The Labute approximate surface area is 176 Å². The molecule has 1 fully saturated rings. The second kappa shape index (κ2) is 16.7. The molecule has 0 radical (unpaired) electrons. The van der Waals surface area contributed by atoms with E-state index in [-0.39, 0.29) is 12.1 Å². The van der Waals surface area contributed by atoms with E-state index in [0.29, 0.717) is 24.9 Å². The topological polar surface area (TPSA) is 18.5 Å². The maximum Gasteiger partial charge on any atom is 0.198 e. The zero-order valence-corrected chi connectivity index (χ0v) is 19.4. The van der Waals surface area contributed by atoms with Crippen molar-refractivity contribution >= 4 is 7.85 Å². The van der Waals surface area contributed by atoms with Gasteiger partial charge in [-0.3, -0.25) is 0 Å². The van der Waals surface area contributed by atoms with Crippen LogP contribution in [0.15, 0.2) is 0 Å². The van der Waals surface area contributed by atoms with Crippen LogP contribution >= 0.6 is 0 Å². The van der Waals surface area contributed by atoms with Gasteiger partial charge in [0.15, 0.2) is 6.36 Å². The van der Waals surface area contributed by atoms with Crippen LogP contribution in [0.3, 0.4) is 0 Å². The fraction of sp³-hybridized carbons (Fsp3) is 1.00. The van der Waals surface area contributed by atoms with Crippen molar-refractivity contribution in [2.75, 3.05) is 6.61 Å². The van der Waals surface area contributed by atoms with E-state index in [2.05, 4.69) is 28.6 Å². The molecule has 5 atom stereocenters. The summed E-state index contributed by atoms with van der Waals surface area (Å²) in [7, 11) is 2.17. The Hall–Kier alpha value is -0.0851. The van der Waals surface area contributed by atoms with E-state index in [1.165, 1.54) is 70.6 Å². The zero-order valence-electron chi connectivity index (χ0n) is 19.4. The first-order valence-corrected chi connectivity index (χ1v) is 12.5. The monoisotopic (exact) mass is 398 g/mol. The molecule has 4 heteroatoms. The average Bonchev–Trinajstić information content (AvgIpc) is 3.06. The Morgan fingerprint density at radius 1 is 0.857 bits per heavy atom. The lowest BCUT2D eigenvalue weighted by Gasteiger charge is -2.28. The van der Waals surface area contributed by atoms with E-state index in [1.54, 1.807) is 0 Å². The van der Waals surface area contributed by atoms with Crippen molar-refractivity contribution in [1.82, 2.24) is 0 Å². The normalized spacial score (nSPS) is 24.5. The van der Waals surface area contributed by atoms with E-state index in [1.807, 2.05) is 0 Å². The van der Waals surface area contributed by atoms with Gasteiger partial charge in [-0.1, -0.05) is 97.8 Å². The molecule has 2 nitrogen and oxygen atoms in total. The van der Waals surface area contributed by atoms with Crippen molar-refractivity contribution in [3.63, 3.8) is 0 Å². The van der Waals surface area contributed by atoms with Gasteiger partial charge < -0.3 is 9.47 Å². The molecule has 0 aliphatic carbocycles. The molecule has 0 aromatic rings. The fourth-order valence-electron chi connectivity index (χ4n) is 4.73. The molecule has 0 spiro atoms. The van der Waals surface area contributed by atoms with Crippen LogP contribution in [0.25, 0.3) is 0 Å². The quantitative estimate of drug-likeness (QED) is 0.187. The van der Waals surface area contributed by atoms with Crippen LogP contribution in [-0.4, -0.2) is 32.9 Å². The first-order chi connectivity index (χ1) is 13.6. The first kappa shape index (κ1) is 26.0. The number of rotatable bonds is 18. The van der Waals surface area contributed by atoms with E-state index < -0.39 is 6.36 Å². The Balaban J connectivity index is 2.49. The number of hydrogen-bond acceptors (Lipinski definition) is 2. The summed E-state index contributed by atoms with van der Waals surface area (Å²) in [6.07, 6.45) is 16.8. The molecular weight excluding hydrogens is 350 g/mol. The van der Waals surface area contributed by atoms with Crippen molar-refractivity contribution in [2.45, 2.75) is 136 Å². The van der Waals surface area contributed by atoms with Gasteiger partial charge in [0.2, 0.25) is 0 Å². The molecule has 28 heavy (non-hydrogen) atoms. The van der Waals surface area contributed by atoms with Gasteiger partial charge in [-0.2, -0.15) is 0 Å². The average molecular weight is 398 g/mol. The molecule has 0 bridgehead atoms. The maximum atomic E-state index is 14.2. The summed E-state index contributed by atoms with van der Waals surface area (Å²) in [5.74, 6) is 1.25. The molecule has 0 aromatic carbocycles. The van der Waals surface area contributed by atoms with Gasteiger partial charge in [-0.05, 0) is 24.7 Å². The van der Waals surface area contributed by atoms with E-state index >= 15 is 0 Å². The number of alkyl halides is 1. The lowest BCUT2D eigenvalue weighted by Crippen LogP contribution is -2.30. The minimum absolute atomic E-state index is 0.0849. The number of unbranched alkanes of at least 4 members (excludes halogenated alkanes) is 8. The van der Waals surface area contributed by atoms with Gasteiger partial charge in [0.05, 0.1) is 12.7 Å². The third-order valence-electron chi connectivity index (χ3n) is 6.43. The molecule has 0 aromatic heterocycles. The Morgan fingerprint density at radius 3 is 2.00 bits per heavy atom. The predicted molar refractivity (Wildman–Crippen MR) is 121 cm³/mol. The van der Waals surface area contributed by atoms with Gasteiger partial charge in [0.1, 0.15) is 7.85 Å². The highest BCUT2D eigenvalue weighted by Crippen LogP contribution is 2.37. The summed E-state index contributed by atoms with van der Waals surface area (Å²) in [4.78, 5) is 0. The first-order valence-electron chi connectivity index (χ1n) is 12.5. The summed E-state index contributed by atoms with van der Waals surface area (Å²) in [6, 6.07) is 0.283. The second-order valence-corrected chi connectivity index (χ2v) is 9.08. The van der Waals surface area contributed by atoms with Gasteiger partial charge in [0, 0.05) is 12.4 Å². The fourth-order valence-corrected chi connectivity index (χ4v) is 4.73. The minimum Gasteiger partial charge on any atom is -0.381 e. The second-order valence-electron chi connectivity index (χ2n) is 9.08. The van der Waals surface area contributed by atoms with Gasteiger partial charge in [-0.25, -0.2) is 4.39 Å². The Kier molecular flexibility index (Phi) is 15.5. The molecule has 1 saturated heterocycles. The molecule has 1 aliphatic heterocycles. The number of halogens is 1. The highest BCUT2D eigenvalue weighted by atomic mass is 19.1. The summed E-state index contributed by atoms with van der Waals surface area (Å²) in [5, 5.41) is 0. The highest BCUT2D eigenvalue weighted by Gasteiger charge is 2.38. The van der Waals surface area contributed by atoms with Gasteiger partial charge in [0.25, 0.3) is 0 Å². The van der Waals surface area contributed by atoms with Crippen LogP contribution in [-0.2, 0) is 9.47 Å². The van der Waals surface area contributed by atoms with Crippen molar-refractivity contribution in [3.8, 4) is 0 Å². The van der Waals surface area contributed by atoms with E-state index in [4.69, 9.17) is 9.47 Å². The highest BCUT2D eigenvalue weighted by molar-refractivity contribution is 6.11. The standard InChI is InChI=1S/C24H48BFO2/c1-4-7-10-13-16-20(15-12-9-6-3)21-18-23(25)28-22(21)19-27-24(26)17-14-11-8-5-2/h20-24H,4-19,25H2,1-3H3/t20?,21-,22?,23+,24?/m0/s1. The Morgan fingerprint density at radius 2 is 1.39 bits per heavy atom. The Bertz CT molecular complexity index is 355. The number of hydrogen-bond donors (Lipinski definition) is 0.